The number of rotatable bonds is 7. The molecule has 0 saturated heterocycles. The van der Waals surface area contributed by atoms with Crippen molar-refractivity contribution in [2.24, 2.45) is 0 Å². The number of nitrogens with zero attached hydrogens (tertiary/aromatic N) is 2. The summed E-state index contributed by atoms with van der Waals surface area (Å²) in [5, 5.41) is 3.63. The first-order chi connectivity index (χ1) is 16.0. The van der Waals surface area contributed by atoms with Crippen molar-refractivity contribution in [3.05, 3.63) is 94.0 Å². The molecular formula is C25H22FN3O3S. The topological polar surface area (TPSA) is 73.2 Å². The average molecular weight is 464 g/mol. The molecule has 3 aromatic carbocycles. The Morgan fingerprint density at radius 2 is 1.88 bits per heavy atom. The Hall–Kier alpha value is -3.65. The Balaban J connectivity index is 1.60. The van der Waals surface area contributed by atoms with E-state index in [1.165, 1.54) is 17.7 Å². The molecule has 0 aliphatic heterocycles. The molecule has 1 heterocycles. The van der Waals surface area contributed by atoms with Crippen LogP contribution in [-0.4, -0.2) is 28.3 Å². The van der Waals surface area contributed by atoms with E-state index in [-0.39, 0.29) is 29.6 Å². The lowest BCUT2D eigenvalue weighted by Gasteiger charge is -2.15. The zero-order valence-electron chi connectivity index (χ0n) is 18.2. The largest absolute Gasteiger partial charge is 0.495 e. The van der Waals surface area contributed by atoms with Crippen LogP contribution < -0.4 is 15.6 Å². The van der Waals surface area contributed by atoms with Gasteiger partial charge in [0, 0.05) is 6.54 Å². The molecule has 33 heavy (non-hydrogen) atoms. The van der Waals surface area contributed by atoms with Crippen LogP contribution in [0.2, 0.25) is 0 Å². The van der Waals surface area contributed by atoms with E-state index < -0.39 is 0 Å². The lowest BCUT2D eigenvalue weighted by atomic mass is 10.1. The standard InChI is InChI=1S/C25H22FN3O3S/c1-16-11-12-17(13-19(16)26)14-27-23(30)15-33-25-28-20-8-4-3-7-18(20)24(31)29(25)21-9-5-6-10-22(21)32-2/h3-13H,14-15H2,1-2H3,(H,27,30). The van der Waals surface area contributed by atoms with Gasteiger partial charge in [-0.25, -0.2) is 9.37 Å². The second-order valence-corrected chi connectivity index (χ2v) is 8.32. The summed E-state index contributed by atoms with van der Waals surface area (Å²) in [6.45, 7) is 1.90. The number of fused-ring (bicyclic) bond motifs is 1. The number of amides is 1. The maximum Gasteiger partial charge on any atom is 0.266 e. The number of methoxy groups -OCH3 is 1. The van der Waals surface area contributed by atoms with Gasteiger partial charge in [-0.1, -0.05) is 48.2 Å². The Morgan fingerprint density at radius 3 is 2.67 bits per heavy atom. The van der Waals surface area contributed by atoms with E-state index in [1.54, 1.807) is 55.5 Å². The van der Waals surface area contributed by atoms with Gasteiger partial charge in [-0.15, -0.1) is 0 Å². The Labute approximate surface area is 194 Å². The minimum absolute atomic E-state index is 0.0360. The molecule has 0 spiro atoms. The molecule has 4 aromatic rings. The van der Waals surface area contributed by atoms with E-state index in [2.05, 4.69) is 10.3 Å². The fraction of sp³-hybridized carbons (Fsp3) is 0.160. The van der Waals surface area contributed by atoms with Crippen molar-refractivity contribution in [2.45, 2.75) is 18.6 Å². The van der Waals surface area contributed by atoms with Gasteiger partial charge in [-0.05, 0) is 48.4 Å². The van der Waals surface area contributed by atoms with Gasteiger partial charge in [0.05, 0.1) is 29.5 Å². The van der Waals surface area contributed by atoms with Crippen LogP contribution in [0.3, 0.4) is 0 Å². The van der Waals surface area contributed by atoms with Crippen molar-refractivity contribution in [3.8, 4) is 11.4 Å². The smallest absolute Gasteiger partial charge is 0.266 e. The van der Waals surface area contributed by atoms with Gasteiger partial charge in [0.15, 0.2) is 5.16 Å². The summed E-state index contributed by atoms with van der Waals surface area (Å²) in [7, 11) is 1.53. The molecular weight excluding hydrogens is 441 g/mol. The average Bonchev–Trinajstić information content (AvgIpc) is 2.83. The number of hydrogen-bond donors (Lipinski definition) is 1. The fourth-order valence-corrected chi connectivity index (χ4v) is 4.20. The third-order valence-electron chi connectivity index (χ3n) is 5.13. The summed E-state index contributed by atoms with van der Waals surface area (Å²) in [6.07, 6.45) is 0. The van der Waals surface area contributed by atoms with Crippen LogP contribution in [0, 0.1) is 12.7 Å². The highest BCUT2D eigenvalue weighted by Crippen LogP contribution is 2.27. The number of hydrogen-bond acceptors (Lipinski definition) is 5. The number of thioether (sulfide) groups is 1. The fourth-order valence-electron chi connectivity index (χ4n) is 3.36. The molecule has 1 amide bonds. The molecule has 0 aliphatic rings. The van der Waals surface area contributed by atoms with Crippen molar-refractivity contribution >= 4 is 28.6 Å². The number of carbonyl (C=O) groups excluding carboxylic acids is 1. The third-order valence-corrected chi connectivity index (χ3v) is 6.07. The van der Waals surface area contributed by atoms with Crippen LogP contribution in [0.25, 0.3) is 16.6 Å². The number of nitrogens with one attached hydrogen (secondary N) is 1. The molecule has 0 fully saturated rings. The van der Waals surface area contributed by atoms with Crippen LogP contribution in [0.1, 0.15) is 11.1 Å². The van der Waals surface area contributed by atoms with Crippen molar-refractivity contribution in [1.29, 1.82) is 0 Å². The maximum absolute atomic E-state index is 13.7. The summed E-state index contributed by atoms with van der Waals surface area (Å²) >= 11 is 1.15. The Bertz CT molecular complexity index is 1390. The molecule has 168 valence electrons. The first-order valence-corrected chi connectivity index (χ1v) is 11.3. The number of para-hydroxylation sites is 3. The summed E-state index contributed by atoms with van der Waals surface area (Å²) < 4.78 is 20.7. The van der Waals surface area contributed by atoms with E-state index >= 15 is 0 Å². The zero-order valence-corrected chi connectivity index (χ0v) is 19.0. The van der Waals surface area contributed by atoms with Crippen molar-refractivity contribution in [3.63, 3.8) is 0 Å². The number of benzene rings is 3. The van der Waals surface area contributed by atoms with Crippen LogP contribution in [0.4, 0.5) is 4.39 Å². The van der Waals surface area contributed by atoms with Gasteiger partial charge < -0.3 is 10.1 Å². The van der Waals surface area contributed by atoms with Gasteiger partial charge in [0.25, 0.3) is 5.56 Å². The van der Waals surface area contributed by atoms with Gasteiger partial charge in [0.2, 0.25) is 5.91 Å². The molecule has 8 heteroatoms. The zero-order chi connectivity index (χ0) is 23.4. The van der Waals surface area contributed by atoms with Crippen LogP contribution in [0.15, 0.2) is 76.7 Å². The summed E-state index contributed by atoms with van der Waals surface area (Å²) in [5.41, 5.74) is 2.07. The minimum atomic E-state index is -0.308. The molecule has 6 nitrogen and oxygen atoms in total. The van der Waals surface area contributed by atoms with E-state index in [1.807, 2.05) is 12.1 Å². The number of ether oxygens (including phenoxy) is 1. The second-order valence-electron chi connectivity index (χ2n) is 7.37. The first-order valence-electron chi connectivity index (χ1n) is 10.3. The molecule has 0 radical (unpaired) electrons. The van der Waals surface area contributed by atoms with Gasteiger partial charge >= 0.3 is 0 Å². The number of aryl methyl sites for hydroxylation is 1. The lowest BCUT2D eigenvalue weighted by molar-refractivity contribution is -0.118. The Morgan fingerprint density at radius 1 is 1.12 bits per heavy atom. The van der Waals surface area contributed by atoms with Crippen LogP contribution in [-0.2, 0) is 11.3 Å². The normalized spacial score (nSPS) is 10.9. The van der Waals surface area contributed by atoms with Crippen LogP contribution in [0.5, 0.6) is 5.75 Å². The van der Waals surface area contributed by atoms with Crippen molar-refractivity contribution < 1.29 is 13.9 Å². The highest BCUT2D eigenvalue weighted by Gasteiger charge is 2.17. The summed E-state index contributed by atoms with van der Waals surface area (Å²) in [4.78, 5) is 30.5. The molecule has 0 aliphatic carbocycles. The predicted octanol–water partition coefficient (Wildman–Crippen LogP) is 4.25. The summed E-state index contributed by atoms with van der Waals surface area (Å²) in [6, 6.07) is 19.1. The van der Waals surface area contributed by atoms with E-state index in [0.717, 1.165) is 11.8 Å². The lowest BCUT2D eigenvalue weighted by Crippen LogP contribution is -2.26. The number of halogens is 1. The first kappa shape index (κ1) is 22.5. The molecule has 1 N–H and O–H groups in total. The van der Waals surface area contributed by atoms with E-state index in [9.17, 15) is 14.0 Å². The SMILES string of the molecule is COc1ccccc1-n1c(SCC(=O)NCc2ccc(C)c(F)c2)nc2ccccc2c1=O. The second kappa shape index (κ2) is 9.87. The van der Waals surface area contributed by atoms with Gasteiger partial charge in [0.1, 0.15) is 11.6 Å². The van der Waals surface area contributed by atoms with Crippen molar-refractivity contribution in [2.75, 3.05) is 12.9 Å². The molecule has 0 saturated carbocycles. The minimum Gasteiger partial charge on any atom is -0.495 e. The Kier molecular flexibility index (Phi) is 6.74. The van der Waals surface area contributed by atoms with Crippen molar-refractivity contribution in [1.82, 2.24) is 14.9 Å². The predicted molar refractivity (Wildman–Crippen MR) is 128 cm³/mol. The third kappa shape index (κ3) is 4.90. The monoisotopic (exact) mass is 463 g/mol. The molecule has 0 bridgehead atoms. The maximum atomic E-state index is 13.7. The molecule has 0 atom stereocenters. The number of aromatic nitrogens is 2. The molecule has 4 rings (SSSR count). The van der Waals surface area contributed by atoms with Gasteiger partial charge in [-0.3, -0.25) is 14.2 Å². The number of carbonyl (C=O) groups is 1. The summed E-state index contributed by atoms with van der Waals surface area (Å²) in [5.74, 6) is -0.00877. The molecule has 0 unspecified atom stereocenters. The molecule has 1 aromatic heterocycles. The van der Waals surface area contributed by atoms with Gasteiger partial charge in [-0.2, -0.15) is 0 Å². The highest BCUT2D eigenvalue weighted by atomic mass is 32.2. The van der Waals surface area contributed by atoms with E-state index in [0.29, 0.717) is 38.6 Å². The quantitative estimate of drug-likeness (QED) is 0.328. The highest BCUT2D eigenvalue weighted by molar-refractivity contribution is 7.99. The van der Waals surface area contributed by atoms with Crippen LogP contribution >= 0.6 is 11.8 Å². The van der Waals surface area contributed by atoms with E-state index in [4.69, 9.17) is 4.74 Å².